The van der Waals surface area contributed by atoms with Crippen molar-refractivity contribution in [3.05, 3.63) is 0 Å². The Labute approximate surface area is 112 Å². The highest BCUT2D eigenvalue weighted by Crippen LogP contribution is 2.42. The van der Waals surface area contributed by atoms with Crippen LogP contribution in [0.3, 0.4) is 0 Å². The van der Waals surface area contributed by atoms with Crippen LogP contribution in [0.15, 0.2) is 0 Å². The van der Waals surface area contributed by atoms with Crippen molar-refractivity contribution in [3.63, 3.8) is 0 Å². The number of halogens is 1. The first kappa shape index (κ1) is 13.2. The van der Waals surface area contributed by atoms with Gasteiger partial charge in [0.25, 0.3) is 0 Å². The first-order chi connectivity index (χ1) is 7.89. The minimum atomic E-state index is -0.382. The van der Waals surface area contributed by atoms with E-state index in [0.29, 0.717) is 11.8 Å². The average Bonchev–Trinajstić information content (AvgIpc) is 2.70. The van der Waals surface area contributed by atoms with Crippen LogP contribution in [-0.4, -0.2) is 35.0 Å². The topological polar surface area (TPSA) is 29.5 Å². The molecule has 0 spiro atoms. The van der Waals surface area contributed by atoms with E-state index in [4.69, 9.17) is 4.74 Å². The Morgan fingerprint density at radius 1 is 1.29 bits per heavy atom. The lowest BCUT2D eigenvalue weighted by atomic mass is 10.0. The lowest BCUT2D eigenvalue weighted by molar-refractivity contribution is 0.0278. The van der Waals surface area contributed by atoms with Crippen LogP contribution < -0.4 is 0 Å². The van der Waals surface area contributed by atoms with Gasteiger partial charge in [-0.1, -0.05) is 15.9 Å². The van der Waals surface area contributed by atoms with Crippen molar-refractivity contribution in [3.8, 4) is 0 Å². The second kappa shape index (κ2) is 4.79. The molecule has 1 saturated heterocycles. The van der Waals surface area contributed by atoms with Gasteiger partial charge in [0.05, 0.1) is 0 Å². The van der Waals surface area contributed by atoms with E-state index in [0.717, 1.165) is 24.3 Å². The fourth-order valence-corrected chi connectivity index (χ4v) is 3.56. The van der Waals surface area contributed by atoms with Crippen LogP contribution in [0.1, 0.15) is 33.6 Å². The Bertz CT molecular complexity index is 286. The molecule has 1 amide bonds. The van der Waals surface area contributed by atoms with E-state index in [-0.39, 0.29) is 11.7 Å². The van der Waals surface area contributed by atoms with E-state index in [1.807, 2.05) is 25.7 Å². The fourth-order valence-electron chi connectivity index (χ4n) is 3.03. The molecule has 1 saturated carbocycles. The van der Waals surface area contributed by atoms with Crippen LogP contribution in [0, 0.1) is 17.8 Å². The minimum absolute atomic E-state index is 0.137. The number of hydrogen-bond acceptors (Lipinski definition) is 2. The third kappa shape index (κ3) is 3.15. The van der Waals surface area contributed by atoms with Gasteiger partial charge in [-0.2, -0.15) is 0 Å². The van der Waals surface area contributed by atoms with E-state index in [9.17, 15) is 4.79 Å². The molecule has 2 atom stereocenters. The van der Waals surface area contributed by atoms with Crippen LogP contribution in [-0.2, 0) is 4.74 Å². The summed E-state index contributed by atoms with van der Waals surface area (Å²) < 4.78 is 5.42. The molecule has 1 heterocycles. The number of fused-ring (bicyclic) bond motifs is 1. The van der Waals surface area contributed by atoms with Crippen LogP contribution in [0.4, 0.5) is 4.79 Å². The number of hydrogen-bond donors (Lipinski definition) is 0. The zero-order valence-corrected chi connectivity index (χ0v) is 12.5. The zero-order chi connectivity index (χ0) is 12.6. The van der Waals surface area contributed by atoms with Gasteiger partial charge in [0.1, 0.15) is 5.60 Å². The number of likely N-dealkylation sites (tertiary alicyclic amines) is 1. The molecule has 2 unspecified atom stereocenters. The molecular weight excluding hydrogens is 282 g/mol. The van der Waals surface area contributed by atoms with Gasteiger partial charge in [-0.25, -0.2) is 4.79 Å². The Hall–Kier alpha value is -0.250. The van der Waals surface area contributed by atoms with Crippen molar-refractivity contribution in [1.29, 1.82) is 0 Å². The first-order valence-electron chi connectivity index (χ1n) is 6.43. The van der Waals surface area contributed by atoms with Crippen molar-refractivity contribution in [2.24, 2.45) is 17.8 Å². The Morgan fingerprint density at radius 2 is 1.82 bits per heavy atom. The fraction of sp³-hybridized carbons (Fsp3) is 0.923. The third-order valence-corrected chi connectivity index (χ3v) is 4.63. The Balaban J connectivity index is 1.86. The summed E-state index contributed by atoms with van der Waals surface area (Å²) >= 11 is 3.56. The predicted octanol–water partition coefficient (Wildman–Crippen LogP) is 3.27. The Kier molecular flexibility index (Phi) is 3.71. The van der Waals surface area contributed by atoms with Crippen LogP contribution >= 0.6 is 15.9 Å². The van der Waals surface area contributed by atoms with E-state index in [2.05, 4.69) is 15.9 Å². The highest BCUT2D eigenvalue weighted by molar-refractivity contribution is 9.09. The second-order valence-corrected chi connectivity index (χ2v) is 7.04. The van der Waals surface area contributed by atoms with Crippen molar-refractivity contribution < 1.29 is 9.53 Å². The van der Waals surface area contributed by atoms with Gasteiger partial charge < -0.3 is 9.64 Å². The monoisotopic (exact) mass is 303 g/mol. The van der Waals surface area contributed by atoms with Crippen LogP contribution in [0.5, 0.6) is 0 Å². The summed E-state index contributed by atoms with van der Waals surface area (Å²) in [5.74, 6) is 2.21. The number of rotatable bonds is 1. The van der Waals surface area contributed by atoms with Gasteiger partial charge in [-0.3, -0.25) is 0 Å². The quantitative estimate of drug-likeness (QED) is 0.696. The number of alkyl halides is 1. The summed E-state index contributed by atoms with van der Waals surface area (Å²) in [6.45, 7) is 7.54. The standard InChI is InChI=1S/C13H22BrNO2/c1-13(2,3)17-12(16)15-7-10-4-9(6-14)5-11(10)8-15/h9-11H,4-8H2,1-3H3. The zero-order valence-electron chi connectivity index (χ0n) is 10.9. The summed E-state index contributed by atoms with van der Waals surface area (Å²) in [7, 11) is 0. The molecule has 3 nitrogen and oxygen atoms in total. The van der Waals surface area contributed by atoms with E-state index in [1.54, 1.807) is 0 Å². The molecule has 0 bridgehead atoms. The van der Waals surface area contributed by atoms with E-state index < -0.39 is 0 Å². The van der Waals surface area contributed by atoms with Gasteiger partial charge in [0, 0.05) is 18.4 Å². The molecule has 2 rings (SSSR count). The van der Waals surface area contributed by atoms with Crippen LogP contribution in [0.25, 0.3) is 0 Å². The predicted molar refractivity (Wildman–Crippen MR) is 71.3 cm³/mol. The third-order valence-electron chi connectivity index (χ3n) is 3.72. The molecule has 2 fully saturated rings. The number of amides is 1. The van der Waals surface area contributed by atoms with Crippen molar-refractivity contribution in [2.75, 3.05) is 18.4 Å². The smallest absolute Gasteiger partial charge is 0.410 e. The molecule has 1 aliphatic carbocycles. The molecule has 4 heteroatoms. The summed E-state index contributed by atoms with van der Waals surface area (Å²) in [4.78, 5) is 13.8. The summed E-state index contributed by atoms with van der Waals surface area (Å²) in [6, 6.07) is 0. The van der Waals surface area contributed by atoms with Gasteiger partial charge >= 0.3 is 6.09 Å². The molecule has 0 N–H and O–H groups in total. The molecule has 1 aliphatic heterocycles. The van der Waals surface area contributed by atoms with Gasteiger partial charge in [-0.05, 0) is 51.4 Å². The average molecular weight is 304 g/mol. The van der Waals surface area contributed by atoms with Gasteiger partial charge in [0.15, 0.2) is 0 Å². The maximum absolute atomic E-state index is 11.9. The molecule has 0 radical (unpaired) electrons. The van der Waals surface area contributed by atoms with Crippen molar-refractivity contribution in [1.82, 2.24) is 4.90 Å². The van der Waals surface area contributed by atoms with E-state index >= 15 is 0 Å². The normalized spacial score (nSPS) is 32.7. The summed E-state index contributed by atoms with van der Waals surface area (Å²) in [5.41, 5.74) is -0.382. The molecule has 98 valence electrons. The molecular formula is C13H22BrNO2. The van der Waals surface area contributed by atoms with Gasteiger partial charge in [0.2, 0.25) is 0 Å². The van der Waals surface area contributed by atoms with Gasteiger partial charge in [-0.15, -0.1) is 0 Å². The van der Waals surface area contributed by atoms with Crippen molar-refractivity contribution >= 4 is 22.0 Å². The lowest BCUT2D eigenvalue weighted by Gasteiger charge is -2.25. The SMILES string of the molecule is CC(C)(C)OC(=O)N1CC2CC(CBr)CC2C1. The van der Waals surface area contributed by atoms with E-state index in [1.165, 1.54) is 12.8 Å². The molecule has 2 aliphatic rings. The number of ether oxygens (including phenoxy) is 1. The first-order valence-corrected chi connectivity index (χ1v) is 7.55. The van der Waals surface area contributed by atoms with Crippen LogP contribution in [0.2, 0.25) is 0 Å². The maximum Gasteiger partial charge on any atom is 0.410 e. The lowest BCUT2D eigenvalue weighted by Crippen LogP contribution is -2.36. The minimum Gasteiger partial charge on any atom is -0.444 e. The highest BCUT2D eigenvalue weighted by atomic mass is 79.9. The second-order valence-electron chi connectivity index (χ2n) is 6.40. The molecule has 17 heavy (non-hydrogen) atoms. The Morgan fingerprint density at radius 3 is 2.24 bits per heavy atom. The maximum atomic E-state index is 11.9. The molecule has 0 aromatic rings. The number of carbonyl (C=O) groups excluding carboxylic acids is 1. The molecule has 0 aromatic carbocycles. The summed E-state index contributed by atoms with van der Waals surface area (Å²) in [5, 5.41) is 1.10. The highest BCUT2D eigenvalue weighted by Gasteiger charge is 2.42. The summed E-state index contributed by atoms with van der Waals surface area (Å²) in [6.07, 6.45) is 2.38. The number of nitrogens with zero attached hydrogens (tertiary/aromatic N) is 1. The van der Waals surface area contributed by atoms with Crippen molar-refractivity contribution in [2.45, 2.75) is 39.2 Å². The largest absolute Gasteiger partial charge is 0.444 e. The molecule has 0 aromatic heterocycles. The number of carbonyl (C=O) groups is 1.